The number of carbonyl (C=O) groups is 1. The number of anilines is 1. The van der Waals surface area contributed by atoms with E-state index in [-0.39, 0.29) is 18.8 Å². The van der Waals surface area contributed by atoms with Crippen LogP contribution in [-0.2, 0) is 14.8 Å². The molecule has 1 rings (SSSR count). The van der Waals surface area contributed by atoms with Crippen molar-refractivity contribution in [2.75, 3.05) is 24.7 Å². The highest BCUT2D eigenvalue weighted by molar-refractivity contribution is 7.88. The monoisotopic (exact) mass is 286 g/mol. The van der Waals surface area contributed by atoms with Crippen molar-refractivity contribution >= 4 is 21.6 Å². The SMILES string of the molecule is C=CCN(CC(=O)Nc1cccc(F)c1)S(C)(=O)=O. The molecule has 0 bridgehead atoms. The van der Waals surface area contributed by atoms with Gasteiger partial charge in [0, 0.05) is 12.2 Å². The van der Waals surface area contributed by atoms with Crippen molar-refractivity contribution in [3.05, 3.63) is 42.7 Å². The van der Waals surface area contributed by atoms with Gasteiger partial charge in [-0.05, 0) is 18.2 Å². The van der Waals surface area contributed by atoms with Gasteiger partial charge >= 0.3 is 0 Å². The van der Waals surface area contributed by atoms with Crippen molar-refractivity contribution in [3.8, 4) is 0 Å². The van der Waals surface area contributed by atoms with Gasteiger partial charge in [0.05, 0.1) is 12.8 Å². The quantitative estimate of drug-likeness (QED) is 0.799. The number of sulfonamides is 1. The highest BCUT2D eigenvalue weighted by atomic mass is 32.2. The van der Waals surface area contributed by atoms with E-state index in [1.54, 1.807) is 0 Å². The first-order valence-corrected chi connectivity index (χ1v) is 7.29. The third-order valence-electron chi connectivity index (χ3n) is 2.23. The second kappa shape index (κ2) is 6.44. The molecule has 1 N–H and O–H groups in total. The second-order valence-electron chi connectivity index (χ2n) is 3.90. The Morgan fingerprint density at radius 2 is 2.21 bits per heavy atom. The summed E-state index contributed by atoms with van der Waals surface area (Å²) >= 11 is 0. The highest BCUT2D eigenvalue weighted by Gasteiger charge is 2.18. The second-order valence-corrected chi connectivity index (χ2v) is 5.89. The molecule has 0 saturated heterocycles. The number of nitrogens with zero attached hydrogens (tertiary/aromatic N) is 1. The molecule has 0 aliphatic carbocycles. The van der Waals surface area contributed by atoms with Gasteiger partial charge < -0.3 is 5.32 Å². The molecule has 0 atom stereocenters. The molecule has 0 spiro atoms. The van der Waals surface area contributed by atoms with E-state index >= 15 is 0 Å². The Kier molecular flexibility index (Phi) is 5.20. The van der Waals surface area contributed by atoms with Gasteiger partial charge in [-0.1, -0.05) is 12.1 Å². The number of carbonyl (C=O) groups excluding carboxylic acids is 1. The molecule has 0 unspecified atom stereocenters. The molecule has 5 nitrogen and oxygen atoms in total. The first kappa shape index (κ1) is 15.3. The average Bonchev–Trinajstić information content (AvgIpc) is 2.27. The third kappa shape index (κ3) is 5.19. The Hall–Kier alpha value is -1.73. The smallest absolute Gasteiger partial charge is 0.239 e. The first-order valence-electron chi connectivity index (χ1n) is 5.44. The van der Waals surface area contributed by atoms with Gasteiger partial charge in [-0.25, -0.2) is 12.8 Å². The zero-order valence-corrected chi connectivity index (χ0v) is 11.3. The van der Waals surface area contributed by atoms with E-state index in [1.807, 2.05) is 0 Å². The molecular formula is C12H15FN2O3S. The van der Waals surface area contributed by atoms with Crippen LogP contribution in [0.4, 0.5) is 10.1 Å². The lowest BCUT2D eigenvalue weighted by atomic mass is 10.3. The molecule has 0 fully saturated rings. The van der Waals surface area contributed by atoms with Crippen LogP contribution < -0.4 is 5.32 Å². The van der Waals surface area contributed by atoms with E-state index in [0.29, 0.717) is 0 Å². The molecule has 1 aromatic carbocycles. The van der Waals surface area contributed by atoms with Crippen LogP contribution >= 0.6 is 0 Å². The van der Waals surface area contributed by atoms with Gasteiger partial charge in [-0.3, -0.25) is 4.79 Å². The van der Waals surface area contributed by atoms with Gasteiger partial charge in [-0.15, -0.1) is 6.58 Å². The standard InChI is InChI=1S/C12H15FN2O3S/c1-3-7-15(19(2,17)18)9-12(16)14-11-6-4-5-10(13)8-11/h3-6,8H,1,7,9H2,2H3,(H,14,16). The number of rotatable bonds is 6. The highest BCUT2D eigenvalue weighted by Crippen LogP contribution is 2.09. The minimum atomic E-state index is -3.50. The van der Waals surface area contributed by atoms with Crippen LogP contribution in [0.3, 0.4) is 0 Å². The summed E-state index contributed by atoms with van der Waals surface area (Å²) in [4.78, 5) is 11.7. The Labute approximate surface area is 111 Å². The molecule has 0 aliphatic heterocycles. The van der Waals surface area contributed by atoms with Crippen LogP contribution in [0.15, 0.2) is 36.9 Å². The summed E-state index contributed by atoms with van der Waals surface area (Å²) < 4.78 is 36.7. The largest absolute Gasteiger partial charge is 0.325 e. The van der Waals surface area contributed by atoms with Gasteiger partial charge in [0.25, 0.3) is 0 Å². The van der Waals surface area contributed by atoms with Crippen molar-refractivity contribution in [3.63, 3.8) is 0 Å². The van der Waals surface area contributed by atoms with Crippen molar-refractivity contribution in [1.82, 2.24) is 4.31 Å². The first-order chi connectivity index (χ1) is 8.82. The van der Waals surface area contributed by atoms with Crippen LogP contribution in [0.5, 0.6) is 0 Å². The lowest BCUT2D eigenvalue weighted by molar-refractivity contribution is -0.116. The van der Waals surface area contributed by atoms with Crippen LogP contribution in [0.25, 0.3) is 0 Å². The fourth-order valence-corrected chi connectivity index (χ4v) is 2.12. The minimum absolute atomic E-state index is 0.0371. The van der Waals surface area contributed by atoms with Crippen LogP contribution in [-0.4, -0.2) is 38.0 Å². The molecule has 0 radical (unpaired) electrons. The van der Waals surface area contributed by atoms with E-state index in [0.717, 1.165) is 16.6 Å². The maximum Gasteiger partial charge on any atom is 0.239 e. The molecule has 0 saturated carbocycles. The zero-order chi connectivity index (χ0) is 14.5. The summed E-state index contributed by atoms with van der Waals surface area (Å²) in [6.45, 7) is 3.12. The lowest BCUT2D eigenvalue weighted by Gasteiger charge is -2.17. The molecule has 1 aromatic rings. The lowest BCUT2D eigenvalue weighted by Crippen LogP contribution is -2.37. The number of hydrogen-bond donors (Lipinski definition) is 1. The molecular weight excluding hydrogens is 271 g/mol. The van der Waals surface area contributed by atoms with Crippen LogP contribution in [0.1, 0.15) is 0 Å². The molecule has 1 amide bonds. The van der Waals surface area contributed by atoms with Gasteiger partial charge in [0.2, 0.25) is 15.9 Å². The molecule has 104 valence electrons. The summed E-state index contributed by atoms with van der Waals surface area (Å²) in [6, 6.07) is 5.36. The van der Waals surface area contributed by atoms with Gasteiger partial charge in [0.15, 0.2) is 0 Å². The zero-order valence-electron chi connectivity index (χ0n) is 10.5. The maximum absolute atomic E-state index is 12.9. The van der Waals surface area contributed by atoms with Crippen molar-refractivity contribution in [2.24, 2.45) is 0 Å². The summed E-state index contributed by atoms with van der Waals surface area (Å²) in [7, 11) is -3.50. The maximum atomic E-state index is 12.9. The fraction of sp³-hybridized carbons (Fsp3) is 0.250. The van der Waals surface area contributed by atoms with E-state index < -0.39 is 21.7 Å². The number of amides is 1. The van der Waals surface area contributed by atoms with Crippen LogP contribution in [0.2, 0.25) is 0 Å². The molecule has 0 aliphatic rings. The van der Waals surface area contributed by atoms with Crippen molar-refractivity contribution in [2.45, 2.75) is 0 Å². The number of halogens is 1. The van der Waals surface area contributed by atoms with E-state index in [2.05, 4.69) is 11.9 Å². The van der Waals surface area contributed by atoms with E-state index in [1.165, 1.54) is 24.3 Å². The van der Waals surface area contributed by atoms with Crippen LogP contribution in [0, 0.1) is 5.82 Å². The summed E-state index contributed by atoms with van der Waals surface area (Å²) in [5, 5.41) is 2.42. The third-order valence-corrected chi connectivity index (χ3v) is 3.45. The van der Waals surface area contributed by atoms with E-state index in [9.17, 15) is 17.6 Å². The average molecular weight is 286 g/mol. The summed E-state index contributed by atoms with van der Waals surface area (Å²) in [6.07, 6.45) is 2.39. The van der Waals surface area contributed by atoms with Crippen molar-refractivity contribution in [1.29, 1.82) is 0 Å². The Morgan fingerprint density at radius 3 is 2.74 bits per heavy atom. The van der Waals surface area contributed by atoms with Gasteiger partial charge in [-0.2, -0.15) is 4.31 Å². The molecule has 19 heavy (non-hydrogen) atoms. The predicted octanol–water partition coefficient (Wildman–Crippen LogP) is 1.21. The Morgan fingerprint density at radius 1 is 1.53 bits per heavy atom. The fourth-order valence-electron chi connectivity index (χ4n) is 1.39. The predicted molar refractivity (Wildman–Crippen MR) is 71.6 cm³/mol. The topological polar surface area (TPSA) is 66.5 Å². The molecule has 7 heteroatoms. The normalized spacial score (nSPS) is 11.3. The Balaban J connectivity index is 2.71. The molecule has 0 aromatic heterocycles. The van der Waals surface area contributed by atoms with E-state index in [4.69, 9.17) is 0 Å². The minimum Gasteiger partial charge on any atom is -0.325 e. The number of benzene rings is 1. The summed E-state index contributed by atoms with van der Waals surface area (Å²) in [5.41, 5.74) is 0.275. The number of hydrogen-bond acceptors (Lipinski definition) is 3. The number of nitrogens with one attached hydrogen (secondary N) is 1. The Bertz CT molecular complexity index is 572. The summed E-state index contributed by atoms with van der Waals surface area (Å²) in [5.74, 6) is -1.03. The van der Waals surface area contributed by atoms with Crippen molar-refractivity contribution < 1.29 is 17.6 Å². The van der Waals surface area contributed by atoms with Gasteiger partial charge in [0.1, 0.15) is 5.82 Å². The molecule has 0 heterocycles.